The number of hydrogen-bond donors (Lipinski definition) is 4. The monoisotopic (exact) mass is 272 g/mol. The van der Waals surface area contributed by atoms with Gasteiger partial charge in [0.2, 0.25) is 0 Å². The molecule has 0 aromatic carbocycles. The number of aliphatic hydroxyl groups excluding tert-OH is 1. The quantitative estimate of drug-likeness (QED) is 0.581. The van der Waals surface area contributed by atoms with Gasteiger partial charge >= 0.3 is 12.0 Å². The van der Waals surface area contributed by atoms with Crippen LogP contribution in [0.4, 0.5) is 4.79 Å². The molecule has 6 nitrogen and oxygen atoms in total. The molecule has 0 aromatic heterocycles. The smallest absolute Gasteiger partial charge is 0.315 e. The zero-order valence-electron chi connectivity index (χ0n) is 11.4. The Hall–Kier alpha value is -1.30. The first-order valence-corrected chi connectivity index (χ1v) is 6.86. The second-order valence-corrected chi connectivity index (χ2v) is 5.44. The van der Waals surface area contributed by atoms with Gasteiger partial charge in [0.1, 0.15) is 0 Å². The van der Waals surface area contributed by atoms with E-state index in [1.165, 1.54) is 6.42 Å². The Morgan fingerprint density at radius 3 is 2.42 bits per heavy atom. The molecule has 1 rings (SSSR count). The first-order valence-electron chi connectivity index (χ1n) is 6.86. The van der Waals surface area contributed by atoms with Crippen molar-refractivity contribution >= 4 is 12.0 Å². The summed E-state index contributed by atoms with van der Waals surface area (Å²) in [7, 11) is 0. The number of urea groups is 1. The van der Waals surface area contributed by atoms with Gasteiger partial charge in [-0.1, -0.05) is 19.3 Å². The summed E-state index contributed by atoms with van der Waals surface area (Å²) in [6.07, 6.45) is 5.37. The van der Waals surface area contributed by atoms with Crippen molar-refractivity contribution in [2.75, 3.05) is 13.2 Å². The highest BCUT2D eigenvalue weighted by Gasteiger charge is 2.35. The fourth-order valence-corrected chi connectivity index (χ4v) is 2.60. The molecule has 4 N–H and O–H groups in total. The van der Waals surface area contributed by atoms with Gasteiger partial charge in [0.05, 0.1) is 18.6 Å². The number of carbonyl (C=O) groups is 2. The van der Waals surface area contributed by atoms with Gasteiger partial charge in [-0.15, -0.1) is 0 Å². The van der Waals surface area contributed by atoms with Gasteiger partial charge in [0, 0.05) is 6.54 Å². The van der Waals surface area contributed by atoms with Gasteiger partial charge in [0.15, 0.2) is 0 Å². The predicted octanol–water partition coefficient (Wildman–Crippen LogP) is 1.09. The average molecular weight is 272 g/mol. The minimum atomic E-state index is -0.947. The normalized spacial score (nSPS) is 19.5. The Morgan fingerprint density at radius 2 is 1.89 bits per heavy atom. The van der Waals surface area contributed by atoms with Crippen molar-refractivity contribution in [2.45, 2.75) is 51.0 Å². The number of amides is 2. The number of aliphatic hydroxyl groups is 1. The van der Waals surface area contributed by atoms with Crippen molar-refractivity contribution in [3.8, 4) is 0 Å². The van der Waals surface area contributed by atoms with E-state index in [1.807, 2.05) is 6.92 Å². The standard InChI is InChI=1S/C13H24N2O4/c1-13(9-16,10-5-3-2-4-6-10)15-12(19)14-8-7-11(17)18/h10,16H,2-9H2,1H3,(H,17,18)(H2,14,15,19). The molecule has 19 heavy (non-hydrogen) atoms. The van der Waals surface area contributed by atoms with E-state index in [-0.39, 0.29) is 25.5 Å². The number of aliphatic carboxylic acids is 1. The summed E-state index contributed by atoms with van der Waals surface area (Å²) >= 11 is 0. The third-order valence-corrected chi connectivity index (χ3v) is 3.86. The van der Waals surface area contributed by atoms with Crippen LogP contribution in [-0.2, 0) is 4.79 Å². The molecule has 1 aliphatic carbocycles. The fraction of sp³-hybridized carbons (Fsp3) is 0.846. The Bertz CT molecular complexity index is 316. The van der Waals surface area contributed by atoms with Crippen molar-refractivity contribution in [1.29, 1.82) is 0 Å². The molecule has 0 aliphatic heterocycles. The highest BCUT2D eigenvalue weighted by molar-refractivity contribution is 5.75. The molecule has 1 fully saturated rings. The molecule has 1 saturated carbocycles. The zero-order chi connectivity index (χ0) is 14.3. The van der Waals surface area contributed by atoms with E-state index in [0.717, 1.165) is 25.7 Å². The van der Waals surface area contributed by atoms with Crippen molar-refractivity contribution in [2.24, 2.45) is 5.92 Å². The van der Waals surface area contributed by atoms with Gasteiger partial charge in [-0.2, -0.15) is 0 Å². The minimum absolute atomic E-state index is 0.0906. The van der Waals surface area contributed by atoms with E-state index >= 15 is 0 Å². The summed E-state index contributed by atoms with van der Waals surface area (Å²) in [4.78, 5) is 22.1. The van der Waals surface area contributed by atoms with Crippen molar-refractivity contribution < 1.29 is 19.8 Å². The molecule has 0 bridgehead atoms. The molecule has 110 valence electrons. The molecule has 2 amide bonds. The van der Waals surface area contributed by atoms with Crippen LogP contribution in [0.25, 0.3) is 0 Å². The van der Waals surface area contributed by atoms with Crippen molar-refractivity contribution in [1.82, 2.24) is 10.6 Å². The van der Waals surface area contributed by atoms with Crippen LogP contribution in [0.15, 0.2) is 0 Å². The first kappa shape index (κ1) is 15.8. The van der Waals surface area contributed by atoms with Gasteiger partial charge in [0.25, 0.3) is 0 Å². The SMILES string of the molecule is CC(CO)(NC(=O)NCCC(=O)O)C1CCCCC1. The lowest BCUT2D eigenvalue weighted by Gasteiger charge is -2.39. The number of nitrogens with one attached hydrogen (secondary N) is 2. The van der Waals surface area contributed by atoms with Gasteiger partial charge < -0.3 is 20.8 Å². The molecule has 0 saturated heterocycles. The fourth-order valence-electron chi connectivity index (χ4n) is 2.60. The zero-order valence-corrected chi connectivity index (χ0v) is 11.4. The molecule has 1 aliphatic rings. The van der Waals surface area contributed by atoms with Crippen LogP contribution in [0, 0.1) is 5.92 Å². The van der Waals surface area contributed by atoms with E-state index in [2.05, 4.69) is 10.6 Å². The average Bonchev–Trinajstić information content (AvgIpc) is 2.39. The maximum atomic E-state index is 11.7. The Morgan fingerprint density at radius 1 is 1.26 bits per heavy atom. The summed E-state index contributed by atoms with van der Waals surface area (Å²) in [5.74, 6) is -0.672. The van der Waals surface area contributed by atoms with Crippen LogP contribution in [-0.4, -0.2) is 40.9 Å². The minimum Gasteiger partial charge on any atom is -0.481 e. The highest BCUT2D eigenvalue weighted by atomic mass is 16.4. The lowest BCUT2D eigenvalue weighted by molar-refractivity contribution is -0.136. The highest BCUT2D eigenvalue weighted by Crippen LogP contribution is 2.32. The largest absolute Gasteiger partial charge is 0.481 e. The number of carboxylic acids is 1. The summed E-state index contributed by atoms with van der Waals surface area (Å²) in [6.45, 7) is 1.83. The van der Waals surface area contributed by atoms with E-state index in [1.54, 1.807) is 0 Å². The number of hydrogen-bond acceptors (Lipinski definition) is 3. The predicted molar refractivity (Wildman–Crippen MR) is 70.9 cm³/mol. The molecule has 1 atom stereocenters. The van der Waals surface area contributed by atoms with Crippen LogP contribution < -0.4 is 10.6 Å². The summed E-state index contributed by atoms with van der Waals surface area (Å²) in [5, 5.41) is 23.4. The van der Waals surface area contributed by atoms with Gasteiger partial charge in [-0.25, -0.2) is 4.79 Å². The van der Waals surface area contributed by atoms with E-state index < -0.39 is 17.5 Å². The molecule has 0 spiro atoms. The second-order valence-electron chi connectivity index (χ2n) is 5.44. The number of rotatable bonds is 6. The Labute approximate surface area is 113 Å². The maximum Gasteiger partial charge on any atom is 0.315 e. The maximum absolute atomic E-state index is 11.7. The van der Waals surface area contributed by atoms with Crippen molar-refractivity contribution in [3.05, 3.63) is 0 Å². The third kappa shape index (κ3) is 5.06. The van der Waals surface area contributed by atoms with E-state index in [9.17, 15) is 14.7 Å². The number of carbonyl (C=O) groups excluding carboxylic acids is 1. The van der Waals surface area contributed by atoms with Crippen LogP contribution in [0.5, 0.6) is 0 Å². The second kappa shape index (κ2) is 7.33. The lowest BCUT2D eigenvalue weighted by atomic mass is 9.76. The van der Waals surface area contributed by atoms with E-state index in [0.29, 0.717) is 0 Å². The summed E-state index contributed by atoms with van der Waals surface area (Å²) < 4.78 is 0. The van der Waals surface area contributed by atoms with Gasteiger partial charge in [-0.3, -0.25) is 4.79 Å². The van der Waals surface area contributed by atoms with Crippen LogP contribution in [0.1, 0.15) is 45.4 Å². The van der Waals surface area contributed by atoms with Crippen LogP contribution >= 0.6 is 0 Å². The lowest BCUT2D eigenvalue weighted by Crippen LogP contribution is -2.57. The van der Waals surface area contributed by atoms with Gasteiger partial charge in [-0.05, 0) is 25.7 Å². The molecule has 0 radical (unpaired) electrons. The van der Waals surface area contributed by atoms with E-state index in [4.69, 9.17) is 5.11 Å². The molecular weight excluding hydrogens is 248 g/mol. The first-order chi connectivity index (χ1) is 8.98. The summed E-state index contributed by atoms with van der Waals surface area (Å²) in [5.41, 5.74) is -0.631. The number of carboxylic acid groups (broad SMARTS) is 1. The molecule has 1 unspecified atom stereocenters. The van der Waals surface area contributed by atoms with Crippen molar-refractivity contribution in [3.63, 3.8) is 0 Å². The molecule has 0 aromatic rings. The topological polar surface area (TPSA) is 98.7 Å². The molecule has 6 heteroatoms. The molecule has 0 heterocycles. The third-order valence-electron chi connectivity index (χ3n) is 3.86. The van der Waals surface area contributed by atoms with Crippen LogP contribution in [0.3, 0.4) is 0 Å². The Kier molecular flexibility index (Phi) is 6.08. The molecular formula is C13H24N2O4. The summed E-state index contributed by atoms with van der Waals surface area (Å²) in [6, 6.07) is -0.414. The van der Waals surface area contributed by atoms with Crippen LogP contribution in [0.2, 0.25) is 0 Å². The Balaban J connectivity index is 2.44.